The average molecular weight is 442 g/mol. The second-order valence-corrected chi connectivity index (χ2v) is 7.66. The van der Waals surface area contributed by atoms with Crippen molar-refractivity contribution in [1.29, 1.82) is 0 Å². The number of rotatable bonds is 6. The van der Waals surface area contributed by atoms with Gasteiger partial charge in [-0.15, -0.1) is 0 Å². The molecule has 0 bridgehead atoms. The van der Waals surface area contributed by atoms with Gasteiger partial charge >= 0.3 is 0 Å². The zero-order valence-corrected chi connectivity index (χ0v) is 18.5. The molecule has 2 N–H and O–H groups in total. The molecule has 1 heterocycles. The fourth-order valence-electron chi connectivity index (χ4n) is 3.02. The number of ether oxygens (including phenoxy) is 2. The molecule has 0 radical (unpaired) electrons. The van der Waals surface area contributed by atoms with Crippen molar-refractivity contribution in [3.63, 3.8) is 0 Å². The van der Waals surface area contributed by atoms with Gasteiger partial charge < -0.3 is 19.7 Å². The number of nitrogens with one attached hydrogen (secondary N) is 2. The van der Waals surface area contributed by atoms with Crippen LogP contribution in [0.3, 0.4) is 0 Å². The van der Waals surface area contributed by atoms with Gasteiger partial charge in [-0.2, -0.15) is 0 Å². The number of nitrogens with zero attached hydrogens (tertiary/aromatic N) is 1. The van der Waals surface area contributed by atoms with Crippen LogP contribution in [-0.4, -0.2) is 54.2 Å². The number of morpholine rings is 1. The molecule has 1 aliphatic heterocycles. The Kier molecular flexibility index (Phi) is 7.97. The van der Waals surface area contributed by atoms with Crippen LogP contribution >= 0.6 is 12.2 Å². The second kappa shape index (κ2) is 10.9. The van der Waals surface area contributed by atoms with Crippen molar-refractivity contribution < 1.29 is 19.1 Å². The van der Waals surface area contributed by atoms with Crippen LogP contribution in [0.5, 0.6) is 5.75 Å². The van der Waals surface area contributed by atoms with E-state index in [1.54, 1.807) is 53.4 Å². The van der Waals surface area contributed by atoms with Crippen LogP contribution in [0.2, 0.25) is 0 Å². The number of thiocarbonyl (C=S) groups is 1. The maximum Gasteiger partial charge on any atom is 0.257 e. The summed E-state index contributed by atoms with van der Waals surface area (Å²) in [5, 5.41) is 5.78. The van der Waals surface area contributed by atoms with E-state index < -0.39 is 0 Å². The van der Waals surface area contributed by atoms with E-state index in [2.05, 4.69) is 17.6 Å². The third kappa shape index (κ3) is 6.50. The van der Waals surface area contributed by atoms with Gasteiger partial charge in [0, 0.05) is 29.9 Å². The van der Waals surface area contributed by atoms with E-state index in [1.165, 1.54) is 0 Å². The Bertz CT molecular complexity index is 927. The van der Waals surface area contributed by atoms with Gasteiger partial charge in [0.2, 0.25) is 0 Å². The van der Waals surface area contributed by atoms with Crippen molar-refractivity contribution in [2.75, 3.05) is 31.6 Å². The molecule has 2 aromatic carbocycles. The summed E-state index contributed by atoms with van der Waals surface area (Å²) in [7, 11) is 0. The third-order valence-electron chi connectivity index (χ3n) is 4.92. The number of amides is 2. The molecule has 1 atom stereocenters. The van der Waals surface area contributed by atoms with Crippen molar-refractivity contribution in [1.82, 2.24) is 10.2 Å². The highest BCUT2D eigenvalue weighted by atomic mass is 32.1. The van der Waals surface area contributed by atoms with Gasteiger partial charge in [-0.3, -0.25) is 14.9 Å². The fraction of sp³-hybridized carbons (Fsp3) is 0.348. The van der Waals surface area contributed by atoms with Crippen molar-refractivity contribution >= 4 is 34.8 Å². The number of anilines is 1. The molecular weight excluding hydrogens is 414 g/mol. The van der Waals surface area contributed by atoms with Gasteiger partial charge in [0.25, 0.3) is 11.8 Å². The summed E-state index contributed by atoms with van der Waals surface area (Å²) in [6.07, 6.45) is 1.02. The monoisotopic (exact) mass is 441 g/mol. The summed E-state index contributed by atoms with van der Waals surface area (Å²) in [5.41, 5.74) is 1.65. The first-order valence-corrected chi connectivity index (χ1v) is 10.7. The number of carbonyl (C=O) groups excluding carboxylic acids is 2. The molecule has 3 rings (SSSR count). The lowest BCUT2D eigenvalue weighted by atomic mass is 10.1. The van der Waals surface area contributed by atoms with Gasteiger partial charge in [0.05, 0.1) is 19.3 Å². The Balaban J connectivity index is 1.56. The Morgan fingerprint density at radius 1 is 1.13 bits per heavy atom. The predicted molar refractivity (Wildman–Crippen MR) is 124 cm³/mol. The van der Waals surface area contributed by atoms with E-state index in [0.717, 1.165) is 6.42 Å². The first-order chi connectivity index (χ1) is 15.0. The minimum absolute atomic E-state index is 0.0541. The molecule has 0 spiro atoms. The molecule has 164 valence electrons. The Morgan fingerprint density at radius 2 is 1.84 bits per heavy atom. The minimum atomic E-state index is -0.326. The molecule has 31 heavy (non-hydrogen) atoms. The number of carbonyl (C=O) groups is 2. The van der Waals surface area contributed by atoms with Gasteiger partial charge in [-0.25, -0.2) is 0 Å². The van der Waals surface area contributed by atoms with Crippen LogP contribution in [0.4, 0.5) is 5.69 Å². The second-order valence-electron chi connectivity index (χ2n) is 7.25. The summed E-state index contributed by atoms with van der Waals surface area (Å²) < 4.78 is 11.0. The lowest BCUT2D eigenvalue weighted by Gasteiger charge is -2.27. The van der Waals surface area contributed by atoms with E-state index in [1.807, 2.05) is 6.92 Å². The molecule has 0 saturated carbocycles. The highest BCUT2D eigenvalue weighted by Gasteiger charge is 2.18. The van der Waals surface area contributed by atoms with E-state index in [4.69, 9.17) is 21.7 Å². The maximum atomic E-state index is 12.6. The average Bonchev–Trinajstić information content (AvgIpc) is 2.79. The Labute approximate surface area is 187 Å². The molecule has 1 saturated heterocycles. The van der Waals surface area contributed by atoms with Crippen LogP contribution in [-0.2, 0) is 4.74 Å². The molecule has 1 aliphatic rings. The number of hydrogen-bond donors (Lipinski definition) is 2. The van der Waals surface area contributed by atoms with Crippen LogP contribution < -0.4 is 15.4 Å². The van der Waals surface area contributed by atoms with Crippen molar-refractivity contribution in [2.45, 2.75) is 26.4 Å². The third-order valence-corrected chi connectivity index (χ3v) is 5.13. The molecule has 0 aromatic heterocycles. The van der Waals surface area contributed by atoms with Crippen LogP contribution in [0.25, 0.3) is 0 Å². The van der Waals surface area contributed by atoms with Gasteiger partial charge in [-0.05, 0) is 68.0 Å². The predicted octanol–water partition coefficient (Wildman–Crippen LogP) is 3.46. The normalized spacial score (nSPS) is 14.5. The first-order valence-electron chi connectivity index (χ1n) is 10.3. The minimum Gasteiger partial charge on any atom is -0.491 e. The smallest absolute Gasteiger partial charge is 0.257 e. The SMILES string of the molecule is CCC(C)Oc1ccc(C(=O)NC(=S)Nc2cccc(C(=O)N3CCOCC3)c2)cc1. The molecule has 8 heteroatoms. The van der Waals surface area contributed by atoms with E-state index in [-0.39, 0.29) is 23.0 Å². The summed E-state index contributed by atoms with van der Waals surface area (Å²) in [6.45, 7) is 6.29. The lowest BCUT2D eigenvalue weighted by molar-refractivity contribution is 0.0303. The maximum absolute atomic E-state index is 12.6. The molecule has 2 aromatic rings. The standard InChI is InChI=1S/C23H27N3O4S/c1-3-16(2)30-20-9-7-17(8-10-20)21(27)25-23(31)24-19-6-4-5-18(15-19)22(28)26-11-13-29-14-12-26/h4-10,15-16H,3,11-14H2,1-2H3,(H2,24,25,27,31). The summed E-state index contributed by atoms with van der Waals surface area (Å²) >= 11 is 5.27. The Morgan fingerprint density at radius 3 is 2.52 bits per heavy atom. The van der Waals surface area contributed by atoms with E-state index in [9.17, 15) is 9.59 Å². The van der Waals surface area contributed by atoms with Crippen molar-refractivity contribution in [3.05, 3.63) is 59.7 Å². The zero-order chi connectivity index (χ0) is 22.2. The fourth-order valence-corrected chi connectivity index (χ4v) is 3.23. The number of hydrogen-bond acceptors (Lipinski definition) is 5. The first kappa shape index (κ1) is 22.7. The molecule has 1 unspecified atom stereocenters. The van der Waals surface area contributed by atoms with Gasteiger partial charge in [0.15, 0.2) is 5.11 Å². The zero-order valence-electron chi connectivity index (χ0n) is 17.7. The molecule has 1 fully saturated rings. The lowest BCUT2D eigenvalue weighted by Crippen LogP contribution is -2.40. The van der Waals surface area contributed by atoms with Gasteiger partial charge in [0.1, 0.15) is 5.75 Å². The van der Waals surface area contributed by atoms with Crippen LogP contribution in [0.15, 0.2) is 48.5 Å². The molecule has 0 aliphatic carbocycles. The number of benzene rings is 2. The van der Waals surface area contributed by atoms with Crippen LogP contribution in [0.1, 0.15) is 41.0 Å². The van der Waals surface area contributed by atoms with E-state index >= 15 is 0 Å². The molecule has 7 nitrogen and oxygen atoms in total. The summed E-state index contributed by atoms with van der Waals surface area (Å²) in [4.78, 5) is 26.9. The summed E-state index contributed by atoms with van der Waals surface area (Å²) in [6, 6.07) is 13.9. The highest BCUT2D eigenvalue weighted by molar-refractivity contribution is 7.80. The quantitative estimate of drug-likeness (QED) is 0.669. The largest absolute Gasteiger partial charge is 0.491 e. The molecule has 2 amide bonds. The van der Waals surface area contributed by atoms with Crippen LogP contribution in [0, 0.1) is 0 Å². The Hall–Kier alpha value is -2.97. The highest BCUT2D eigenvalue weighted by Crippen LogP contribution is 2.16. The van der Waals surface area contributed by atoms with Gasteiger partial charge in [-0.1, -0.05) is 13.0 Å². The van der Waals surface area contributed by atoms with E-state index in [0.29, 0.717) is 48.9 Å². The summed E-state index contributed by atoms with van der Waals surface area (Å²) in [5.74, 6) is 0.336. The molecular formula is C23H27N3O4S. The van der Waals surface area contributed by atoms with Crippen molar-refractivity contribution in [3.8, 4) is 5.75 Å². The van der Waals surface area contributed by atoms with Crippen molar-refractivity contribution in [2.24, 2.45) is 0 Å². The topological polar surface area (TPSA) is 79.9 Å².